The average Bonchev–Trinajstić information content (AvgIpc) is 2.45. The van der Waals surface area contributed by atoms with Gasteiger partial charge >= 0.3 is 0 Å². The first kappa shape index (κ1) is 20.4. The molecule has 0 aliphatic heterocycles. The van der Waals surface area contributed by atoms with Gasteiger partial charge in [-0.1, -0.05) is 74.7 Å². The molecular weight excluding hydrogens is 259 g/mol. The van der Waals surface area contributed by atoms with Crippen LogP contribution in [-0.2, 0) is 0 Å². The van der Waals surface area contributed by atoms with Gasteiger partial charge in [-0.05, 0) is 47.8 Å². The summed E-state index contributed by atoms with van der Waals surface area (Å²) in [6, 6.07) is 0. The first-order chi connectivity index (χ1) is 9.26. The van der Waals surface area contributed by atoms with Gasteiger partial charge in [0.1, 0.15) is 0 Å². The quantitative estimate of drug-likeness (QED) is 0.352. The fourth-order valence-electron chi connectivity index (χ4n) is 3.57. The van der Waals surface area contributed by atoms with E-state index in [2.05, 4.69) is 55.4 Å². The Labute approximate surface area is 131 Å². The lowest BCUT2D eigenvalue weighted by Gasteiger charge is -2.48. The van der Waals surface area contributed by atoms with E-state index in [0.29, 0.717) is 16.0 Å². The minimum atomic E-state index is 0.514. The predicted molar refractivity (Wildman–Crippen MR) is 98.5 cm³/mol. The first-order valence-electron chi connectivity index (χ1n) is 9.01. The van der Waals surface area contributed by atoms with E-state index in [1.54, 1.807) is 0 Å². The van der Waals surface area contributed by atoms with E-state index in [9.17, 15) is 0 Å². The Kier molecular flexibility index (Phi) is 8.96. The van der Waals surface area contributed by atoms with E-state index in [1.165, 1.54) is 51.1 Å². The molecule has 20 heavy (non-hydrogen) atoms. The van der Waals surface area contributed by atoms with Gasteiger partial charge in [0.25, 0.3) is 0 Å². The Balaban J connectivity index is 4.97. The highest BCUT2D eigenvalue weighted by molar-refractivity contribution is 7.40. The van der Waals surface area contributed by atoms with Crippen molar-refractivity contribution in [3.8, 4) is 0 Å². The molecule has 4 atom stereocenters. The van der Waals surface area contributed by atoms with E-state index in [0.717, 1.165) is 8.58 Å². The van der Waals surface area contributed by atoms with Crippen molar-refractivity contribution in [2.75, 3.05) is 6.16 Å². The normalized spacial score (nSPS) is 21.6. The van der Waals surface area contributed by atoms with Crippen molar-refractivity contribution < 1.29 is 0 Å². The second-order valence-corrected chi connectivity index (χ2v) is 9.51. The highest BCUT2D eigenvalue weighted by Crippen LogP contribution is 2.53. The molecule has 122 valence electrons. The summed E-state index contributed by atoms with van der Waals surface area (Å²) >= 11 is 0. The molecule has 0 nitrogen and oxygen atoms in total. The summed E-state index contributed by atoms with van der Waals surface area (Å²) in [4.78, 5) is 0. The van der Waals surface area contributed by atoms with Crippen LogP contribution in [0.4, 0.5) is 0 Å². The van der Waals surface area contributed by atoms with Crippen molar-refractivity contribution in [1.29, 1.82) is 0 Å². The van der Waals surface area contributed by atoms with Crippen LogP contribution in [0.1, 0.15) is 100 Å². The minimum absolute atomic E-state index is 0.514. The van der Waals surface area contributed by atoms with Crippen molar-refractivity contribution in [2.45, 2.75) is 105 Å². The lowest BCUT2D eigenvalue weighted by Crippen LogP contribution is -2.39. The van der Waals surface area contributed by atoms with Crippen LogP contribution in [0.2, 0.25) is 0 Å². The molecule has 0 radical (unpaired) electrons. The fourth-order valence-corrected chi connectivity index (χ4v) is 5.74. The van der Waals surface area contributed by atoms with E-state index >= 15 is 0 Å². The van der Waals surface area contributed by atoms with Gasteiger partial charge in [0.05, 0.1) is 0 Å². The first-order valence-corrected chi connectivity index (χ1v) is 10.2. The van der Waals surface area contributed by atoms with Gasteiger partial charge in [-0.2, -0.15) is 0 Å². The van der Waals surface area contributed by atoms with Crippen LogP contribution in [-0.4, -0.2) is 11.3 Å². The molecule has 1 heteroatoms. The second kappa shape index (κ2) is 8.77. The van der Waals surface area contributed by atoms with Gasteiger partial charge in [0, 0.05) is 0 Å². The average molecular weight is 301 g/mol. The van der Waals surface area contributed by atoms with Crippen LogP contribution >= 0.6 is 8.58 Å². The van der Waals surface area contributed by atoms with E-state index in [4.69, 9.17) is 0 Å². The maximum absolute atomic E-state index is 2.57. The summed E-state index contributed by atoms with van der Waals surface area (Å²) in [5.41, 5.74) is 1.03. The summed E-state index contributed by atoms with van der Waals surface area (Å²) in [5.74, 6) is 0. The third-order valence-corrected chi connectivity index (χ3v) is 8.72. The Morgan fingerprint density at radius 2 is 1.15 bits per heavy atom. The van der Waals surface area contributed by atoms with Gasteiger partial charge in [-0.3, -0.25) is 0 Å². The van der Waals surface area contributed by atoms with Crippen LogP contribution in [0, 0.1) is 10.8 Å². The van der Waals surface area contributed by atoms with Crippen LogP contribution in [0.5, 0.6) is 0 Å². The topological polar surface area (TPSA) is 0 Å². The summed E-state index contributed by atoms with van der Waals surface area (Å²) in [6.45, 7) is 19.5. The number of hydrogen-bond acceptors (Lipinski definition) is 0. The molecule has 0 bridgehead atoms. The summed E-state index contributed by atoms with van der Waals surface area (Å²) in [5, 5.41) is 0.589. The standard InChI is InChI=1S/C19H41P/c1-9-14-17(6,11-3)18(7,12-4)16-20-19(8,13-5)15-10-2/h20H,9-16H2,1-8H3. The lowest BCUT2D eigenvalue weighted by molar-refractivity contribution is 0.0709. The zero-order chi connectivity index (χ0) is 15.9. The van der Waals surface area contributed by atoms with Crippen molar-refractivity contribution in [3.05, 3.63) is 0 Å². The second-order valence-electron chi connectivity index (χ2n) is 7.60. The van der Waals surface area contributed by atoms with E-state index in [1.807, 2.05) is 0 Å². The predicted octanol–water partition coefficient (Wildman–Crippen LogP) is 7.27. The monoisotopic (exact) mass is 300 g/mol. The molecule has 0 aliphatic rings. The third-order valence-electron chi connectivity index (χ3n) is 6.31. The number of hydrogen-bond donors (Lipinski definition) is 0. The Morgan fingerprint density at radius 3 is 1.50 bits per heavy atom. The van der Waals surface area contributed by atoms with Crippen LogP contribution in [0.15, 0.2) is 0 Å². The van der Waals surface area contributed by atoms with Crippen molar-refractivity contribution >= 4 is 8.58 Å². The zero-order valence-corrected chi connectivity index (χ0v) is 16.7. The molecule has 0 aliphatic carbocycles. The molecule has 0 aromatic heterocycles. The molecular formula is C19H41P. The maximum atomic E-state index is 2.57. The molecule has 0 aromatic carbocycles. The van der Waals surface area contributed by atoms with Crippen molar-refractivity contribution in [1.82, 2.24) is 0 Å². The Morgan fingerprint density at radius 1 is 0.650 bits per heavy atom. The summed E-state index contributed by atoms with van der Waals surface area (Å²) in [7, 11) is 1.12. The Hall–Kier alpha value is 0.430. The van der Waals surface area contributed by atoms with Gasteiger partial charge in [0.2, 0.25) is 0 Å². The molecule has 0 amide bonds. The molecule has 0 spiro atoms. The molecule has 0 saturated heterocycles. The highest BCUT2D eigenvalue weighted by atomic mass is 31.1. The lowest BCUT2D eigenvalue weighted by atomic mass is 9.61. The molecule has 0 aromatic rings. The molecule has 0 heterocycles. The third kappa shape index (κ3) is 5.01. The van der Waals surface area contributed by atoms with Gasteiger partial charge in [-0.15, -0.1) is 8.58 Å². The van der Waals surface area contributed by atoms with Crippen molar-refractivity contribution in [2.24, 2.45) is 10.8 Å². The van der Waals surface area contributed by atoms with Crippen LogP contribution in [0.3, 0.4) is 0 Å². The summed E-state index contributed by atoms with van der Waals surface area (Å²) < 4.78 is 0. The van der Waals surface area contributed by atoms with E-state index < -0.39 is 0 Å². The van der Waals surface area contributed by atoms with Crippen molar-refractivity contribution in [3.63, 3.8) is 0 Å². The SMILES string of the molecule is CCCC(C)(CC)PCC(C)(CC)C(C)(CC)CCC. The molecule has 4 unspecified atom stereocenters. The molecule has 0 N–H and O–H groups in total. The minimum Gasteiger partial charge on any atom is -0.115 e. The van der Waals surface area contributed by atoms with Gasteiger partial charge < -0.3 is 0 Å². The smallest absolute Gasteiger partial charge is 0.0153 e. The maximum Gasteiger partial charge on any atom is -0.0153 e. The van der Waals surface area contributed by atoms with Gasteiger partial charge in [-0.25, -0.2) is 0 Å². The molecule has 0 fully saturated rings. The zero-order valence-electron chi connectivity index (χ0n) is 15.7. The van der Waals surface area contributed by atoms with Crippen LogP contribution < -0.4 is 0 Å². The largest absolute Gasteiger partial charge is 0.115 e. The van der Waals surface area contributed by atoms with Crippen LogP contribution in [0.25, 0.3) is 0 Å². The summed E-state index contributed by atoms with van der Waals surface area (Å²) in [6.07, 6.45) is 10.9. The molecule has 0 saturated carbocycles. The molecule has 0 rings (SSSR count). The fraction of sp³-hybridized carbons (Fsp3) is 1.00. The highest BCUT2D eigenvalue weighted by Gasteiger charge is 2.41. The van der Waals surface area contributed by atoms with E-state index in [-0.39, 0.29) is 0 Å². The van der Waals surface area contributed by atoms with Gasteiger partial charge in [0.15, 0.2) is 0 Å². The number of rotatable bonds is 11. The Bertz CT molecular complexity index is 262.